The van der Waals surface area contributed by atoms with Gasteiger partial charge in [0.15, 0.2) is 0 Å². The van der Waals surface area contributed by atoms with Gasteiger partial charge in [0.2, 0.25) is 0 Å². The van der Waals surface area contributed by atoms with Crippen LogP contribution in [0.4, 0.5) is 0 Å². The van der Waals surface area contributed by atoms with Crippen molar-refractivity contribution in [3.63, 3.8) is 0 Å². The molecule has 3 nitrogen and oxygen atoms in total. The van der Waals surface area contributed by atoms with Crippen molar-refractivity contribution in [2.45, 2.75) is 33.6 Å². The third-order valence-corrected chi connectivity index (χ3v) is 4.01. The van der Waals surface area contributed by atoms with Crippen LogP contribution in [0.25, 0.3) is 0 Å². The van der Waals surface area contributed by atoms with Gasteiger partial charge in [-0.25, -0.2) is 0 Å². The van der Waals surface area contributed by atoms with Gasteiger partial charge in [-0.05, 0) is 18.6 Å². The van der Waals surface area contributed by atoms with Crippen molar-refractivity contribution < 1.29 is 14.3 Å². The number of likely N-dealkylation sites (tertiary alicyclic amines) is 1. The molecule has 1 aromatic carbocycles. The van der Waals surface area contributed by atoms with Crippen LogP contribution in [0.3, 0.4) is 0 Å². The van der Waals surface area contributed by atoms with E-state index in [4.69, 9.17) is 4.74 Å². The second-order valence-corrected chi connectivity index (χ2v) is 5.28. The van der Waals surface area contributed by atoms with Crippen molar-refractivity contribution in [2.24, 2.45) is 0 Å². The third-order valence-electron chi connectivity index (χ3n) is 4.01. The number of ether oxygens (including phenoxy) is 1. The standard InChI is InChI=1S/C15H24NO2.C2H6/c1-14-6-2-3-7-15(14)18-13-11-16(10-12-17)8-4-5-9-16;1-2/h2-3,6-7,17H,4-5,8-13H2,1H3;1-2H3/q+1;. The minimum absolute atomic E-state index is 0.282. The van der Waals surface area contributed by atoms with Gasteiger partial charge in [-0.15, -0.1) is 0 Å². The van der Waals surface area contributed by atoms with Gasteiger partial charge in [0, 0.05) is 12.8 Å². The molecule has 1 fully saturated rings. The topological polar surface area (TPSA) is 29.5 Å². The van der Waals surface area contributed by atoms with Gasteiger partial charge in [-0.1, -0.05) is 32.0 Å². The van der Waals surface area contributed by atoms with Crippen LogP contribution in [0.15, 0.2) is 24.3 Å². The normalized spacial score (nSPS) is 16.4. The molecule has 0 radical (unpaired) electrons. The summed E-state index contributed by atoms with van der Waals surface area (Å²) in [5, 5.41) is 9.20. The first-order valence-electron chi connectivity index (χ1n) is 7.90. The molecule has 1 aromatic rings. The lowest BCUT2D eigenvalue weighted by Crippen LogP contribution is -2.49. The van der Waals surface area contributed by atoms with Crippen LogP contribution in [0.1, 0.15) is 32.3 Å². The lowest BCUT2D eigenvalue weighted by molar-refractivity contribution is -0.917. The number of aliphatic hydroxyl groups is 1. The number of para-hydroxylation sites is 1. The lowest BCUT2D eigenvalue weighted by atomic mass is 10.2. The number of hydrogen-bond acceptors (Lipinski definition) is 2. The maximum absolute atomic E-state index is 9.20. The molecule has 1 N–H and O–H groups in total. The average molecular weight is 280 g/mol. The van der Waals surface area contributed by atoms with Crippen molar-refractivity contribution in [2.75, 3.05) is 39.4 Å². The van der Waals surface area contributed by atoms with Gasteiger partial charge >= 0.3 is 0 Å². The lowest BCUT2D eigenvalue weighted by Gasteiger charge is -2.33. The Balaban J connectivity index is 0.000000956. The molecule has 114 valence electrons. The number of aliphatic hydroxyl groups excluding tert-OH is 1. The predicted octanol–water partition coefficient (Wildman–Crippen LogP) is 3.00. The van der Waals surface area contributed by atoms with Gasteiger partial charge in [0.25, 0.3) is 0 Å². The van der Waals surface area contributed by atoms with E-state index in [2.05, 4.69) is 13.0 Å². The van der Waals surface area contributed by atoms with Crippen LogP contribution in [-0.2, 0) is 0 Å². The SMILES string of the molecule is CC.Cc1ccccc1OCC[N+]1(CCO)CCCC1. The molecule has 0 amide bonds. The molecule has 0 spiro atoms. The molecule has 0 bridgehead atoms. The Morgan fingerprint density at radius 3 is 2.35 bits per heavy atom. The van der Waals surface area contributed by atoms with Crippen LogP contribution in [-0.4, -0.2) is 49.0 Å². The Labute approximate surface area is 123 Å². The summed E-state index contributed by atoms with van der Waals surface area (Å²) >= 11 is 0. The highest BCUT2D eigenvalue weighted by atomic mass is 16.5. The quantitative estimate of drug-likeness (QED) is 0.812. The van der Waals surface area contributed by atoms with Crippen LogP contribution in [0, 0.1) is 6.92 Å². The summed E-state index contributed by atoms with van der Waals surface area (Å²) in [7, 11) is 0. The van der Waals surface area contributed by atoms with Crippen molar-refractivity contribution in [1.29, 1.82) is 0 Å². The maximum Gasteiger partial charge on any atom is 0.137 e. The first-order chi connectivity index (χ1) is 9.76. The maximum atomic E-state index is 9.20. The fourth-order valence-electron chi connectivity index (χ4n) is 2.85. The second kappa shape index (κ2) is 8.98. The molecule has 1 heterocycles. The van der Waals surface area contributed by atoms with E-state index in [0.29, 0.717) is 0 Å². The van der Waals surface area contributed by atoms with E-state index in [1.54, 1.807) is 0 Å². The molecule has 1 aliphatic heterocycles. The van der Waals surface area contributed by atoms with E-state index >= 15 is 0 Å². The fourth-order valence-corrected chi connectivity index (χ4v) is 2.85. The summed E-state index contributed by atoms with van der Waals surface area (Å²) in [6, 6.07) is 8.14. The number of benzene rings is 1. The molecule has 0 atom stereocenters. The van der Waals surface area contributed by atoms with Gasteiger partial charge in [0.1, 0.15) is 25.4 Å². The Morgan fingerprint density at radius 2 is 1.75 bits per heavy atom. The molecule has 0 unspecified atom stereocenters. The Kier molecular flexibility index (Phi) is 7.63. The van der Waals surface area contributed by atoms with Crippen molar-refractivity contribution in [3.05, 3.63) is 29.8 Å². The molecular weight excluding hydrogens is 250 g/mol. The Hall–Kier alpha value is -1.06. The smallest absolute Gasteiger partial charge is 0.137 e. The minimum atomic E-state index is 0.282. The molecule has 0 saturated carbocycles. The average Bonchev–Trinajstić information content (AvgIpc) is 2.92. The molecule has 3 heteroatoms. The number of hydrogen-bond donors (Lipinski definition) is 1. The summed E-state index contributed by atoms with van der Waals surface area (Å²) in [4.78, 5) is 0. The van der Waals surface area contributed by atoms with Crippen molar-refractivity contribution >= 4 is 0 Å². The van der Waals surface area contributed by atoms with Crippen molar-refractivity contribution in [3.8, 4) is 5.75 Å². The molecule has 20 heavy (non-hydrogen) atoms. The van der Waals surface area contributed by atoms with E-state index in [-0.39, 0.29) is 6.61 Å². The Morgan fingerprint density at radius 1 is 1.10 bits per heavy atom. The first-order valence-corrected chi connectivity index (χ1v) is 7.90. The summed E-state index contributed by atoms with van der Waals surface area (Å²) in [6.07, 6.45) is 2.56. The highest BCUT2D eigenvalue weighted by Crippen LogP contribution is 2.20. The van der Waals surface area contributed by atoms with E-state index in [1.165, 1.54) is 31.5 Å². The van der Waals surface area contributed by atoms with Crippen LogP contribution in [0.2, 0.25) is 0 Å². The van der Waals surface area contributed by atoms with Gasteiger partial charge in [-0.2, -0.15) is 0 Å². The zero-order valence-corrected chi connectivity index (χ0v) is 13.3. The van der Waals surface area contributed by atoms with Crippen LogP contribution >= 0.6 is 0 Å². The number of rotatable bonds is 6. The zero-order chi connectivity index (χ0) is 14.8. The summed E-state index contributed by atoms with van der Waals surface area (Å²) in [5.74, 6) is 0.985. The van der Waals surface area contributed by atoms with E-state index < -0.39 is 0 Å². The fraction of sp³-hybridized carbons (Fsp3) is 0.647. The van der Waals surface area contributed by atoms with Gasteiger partial charge < -0.3 is 14.3 Å². The van der Waals surface area contributed by atoms with Crippen LogP contribution < -0.4 is 4.74 Å². The molecular formula is C17H30NO2+. The monoisotopic (exact) mass is 280 g/mol. The second-order valence-electron chi connectivity index (χ2n) is 5.28. The summed E-state index contributed by atoms with van der Waals surface area (Å²) < 4.78 is 6.90. The van der Waals surface area contributed by atoms with E-state index in [0.717, 1.165) is 29.9 Å². The summed E-state index contributed by atoms with van der Waals surface area (Å²) in [5.41, 5.74) is 1.19. The highest BCUT2D eigenvalue weighted by molar-refractivity contribution is 5.31. The predicted molar refractivity (Wildman–Crippen MR) is 84.1 cm³/mol. The van der Waals surface area contributed by atoms with Gasteiger partial charge in [-0.3, -0.25) is 0 Å². The largest absolute Gasteiger partial charge is 0.487 e. The highest BCUT2D eigenvalue weighted by Gasteiger charge is 2.31. The molecule has 2 rings (SSSR count). The summed E-state index contributed by atoms with van der Waals surface area (Å²) in [6.45, 7) is 11.4. The van der Waals surface area contributed by atoms with Gasteiger partial charge in [0.05, 0.1) is 19.7 Å². The van der Waals surface area contributed by atoms with Crippen molar-refractivity contribution in [1.82, 2.24) is 0 Å². The number of quaternary nitrogens is 1. The minimum Gasteiger partial charge on any atom is -0.487 e. The van der Waals surface area contributed by atoms with E-state index in [1.807, 2.05) is 32.0 Å². The molecule has 1 aliphatic rings. The van der Waals surface area contributed by atoms with Crippen LogP contribution in [0.5, 0.6) is 5.75 Å². The molecule has 1 saturated heterocycles. The molecule has 0 aliphatic carbocycles. The Bertz CT molecular complexity index is 373. The number of aryl methyl sites for hydroxylation is 1. The zero-order valence-electron chi connectivity index (χ0n) is 13.3. The molecule has 0 aromatic heterocycles. The number of nitrogens with zero attached hydrogens (tertiary/aromatic N) is 1. The third kappa shape index (κ3) is 4.80. The van der Waals surface area contributed by atoms with E-state index in [9.17, 15) is 5.11 Å². The first kappa shape index (κ1) is 17.0.